The van der Waals surface area contributed by atoms with E-state index in [0.29, 0.717) is 0 Å². The van der Waals surface area contributed by atoms with Crippen LogP contribution in [0, 0.1) is 12.8 Å². The third-order valence-electron chi connectivity index (χ3n) is 6.36. The molecule has 1 N–H and O–H groups in total. The van der Waals surface area contributed by atoms with Gasteiger partial charge < -0.3 is 14.8 Å². The van der Waals surface area contributed by atoms with E-state index >= 15 is 0 Å². The van der Waals surface area contributed by atoms with E-state index < -0.39 is 0 Å². The van der Waals surface area contributed by atoms with E-state index in [1.54, 1.807) is 14.2 Å². The maximum absolute atomic E-state index is 12.9. The maximum atomic E-state index is 12.9. The molecule has 5 heteroatoms. The summed E-state index contributed by atoms with van der Waals surface area (Å²) in [5, 5.41) is 3.13. The zero-order chi connectivity index (χ0) is 23.2. The fourth-order valence-corrected chi connectivity index (χ4v) is 4.47. The van der Waals surface area contributed by atoms with Gasteiger partial charge in [0, 0.05) is 18.2 Å². The zero-order valence-corrected chi connectivity index (χ0v) is 19.6. The van der Waals surface area contributed by atoms with Crippen molar-refractivity contribution in [2.75, 3.05) is 32.6 Å². The second kappa shape index (κ2) is 10.5. The van der Waals surface area contributed by atoms with Crippen molar-refractivity contribution in [1.29, 1.82) is 0 Å². The first-order valence-corrected chi connectivity index (χ1v) is 11.5. The van der Waals surface area contributed by atoms with Gasteiger partial charge in [-0.25, -0.2) is 0 Å². The van der Waals surface area contributed by atoms with Gasteiger partial charge in [-0.1, -0.05) is 36.4 Å². The molecule has 0 radical (unpaired) electrons. The molecule has 0 saturated carbocycles. The molecule has 0 unspecified atom stereocenters. The summed E-state index contributed by atoms with van der Waals surface area (Å²) in [5.74, 6) is 1.89. The van der Waals surface area contributed by atoms with Gasteiger partial charge in [-0.05, 0) is 85.4 Å². The fourth-order valence-electron chi connectivity index (χ4n) is 4.47. The second-order valence-electron chi connectivity index (χ2n) is 8.66. The van der Waals surface area contributed by atoms with Gasteiger partial charge in [0.1, 0.15) is 11.5 Å². The highest BCUT2D eigenvalue weighted by Crippen LogP contribution is 2.27. The van der Waals surface area contributed by atoms with Crippen molar-refractivity contribution in [3.8, 4) is 22.6 Å². The maximum Gasteiger partial charge on any atom is 0.227 e. The average molecular weight is 445 g/mol. The number of ether oxygens (including phenoxy) is 2. The quantitative estimate of drug-likeness (QED) is 0.521. The number of piperidine rings is 1. The summed E-state index contributed by atoms with van der Waals surface area (Å²) in [6.07, 6.45) is 1.74. The number of carbonyl (C=O) groups is 1. The van der Waals surface area contributed by atoms with E-state index in [0.717, 1.165) is 66.4 Å². The SMILES string of the molecule is COc1cccc(-c2cccc(NC(=O)C3CCN(Cc4ccc(OC)c(C)c4)CC3)c2)c1. The van der Waals surface area contributed by atoms with Crippen molar-refractivity contribution < 1.29 is 14.3 Å². The minimum atomic E-state index is 0.0410. The molecule has 0 atom stereocenters. The summed E-state index contributed by atoms with van der Waals surface area (Å²) in [4.78, 5) is 15.4. The lowest BCUT2D eigenvalue weighted by Gasteiger charge is -2.31. The highest BCUT2D eigenvalue weighted by molar-refractivity contribution is 5.93. The Labute approximate surface area is 196 Å². The molecule has 4 rings (SSSR count). The Morgan fingerprint density at radius 3 is 2.36 bits per heavy atom. The molecular formula is C28H32N2O3. The van der Waals surface area contributed by atoms with Gasteiger partial charge in [0.2, 0.25) is 5.91 Å². The van der Waals surface area contributed by atoms with E-state index in [1.807, 2.05) is 54.6 Å². The lowest BCUT2D eigenvalue weighted by atomic mass is 9.95. The Morgan fingerprint density at radius 2 is 1.67 bits per heavy atom. The number of methoxy groups -OCH3 is 2. The molecule has 1 amide bonds. The van der Waals surface area contributed by atoms with Crippen LogP contribution in [0.5, 0.6) is 11.5 Å². The van der Waals surface area contributed by atoms with Gasteiger partial charge in [0.05, 0.1) is 14.2 Å². The molecule has 172 valence electrons. The van der Waals surface area contributed by atoms with Gasteiger partial charge in [-0.2, -0.15) is 0 Å². The van der Waals surface area contributed by atoms with Crippen molar-refractivity contribution in [3.63, 3.8) is 0 Å². The van der Waals surface area contributed by atoms with Gasteiger partial charge in [0.15, 0.2) is 0 Å². The molecule has 1 aliphatic heterocycles. The van der Waals surface area contributed by atoms with Crippen LogP contribution in [-0.4, -0.2) is 38.1 Å². The van der Waals surface area contributed by atoms with Crippen LogP contribution in [0.1, 0.15) is 24.0 Å². The number of hydrogen-bond donors (Lipinski definition) is 1. The largest absolute Gasteiger partial charge is 0.497 e. The van der Waals surface area contributed by atoms with E-state index in [1.165, 1.54) is 5.56 Å². The van der Waals surface area contributed by atoms with Crippen LogP contribution in [0.4, 0.5) is 5.69 Å². The second-order valence-corrected chi connectivity index (χ2v) is 8.66. The monoisotopic (exact) mass is 444 g/mol. The van der Waals surface area contributed by atoms with Gasteiger partial charge in [-0.3, -0.25) is 9.69 Å². The Bertz CT molecular complexity index is 1100. The minimum Gasteiger partial charge on any atom is -0.497 e. The lowest BCUT2D eigenvalue weighted by molar-refractivity contribution is -0.121. The van der Waals surface area contributed by atoms with Crippen molar-refractivity contribution in [2.24, 2.45) is 5.92 Å². The molecule has 3 aromatic carbocycles. The molecule has 0 bridgehead atoms. The number of likely N-dealkylation sites (tertiary alicyclic amines) is 1. The van der Waals surface area contributed by atoms with Gasteiger partial charge in [0.25, 0.3) is 0 Å². The number of anilines is 1. The van der Waals surface area contributed by atoms with Crippen LogP contribution < -0.4 is 14.8 Å². The predicted octanol–water partition coefficient (Wildman–Crippen LogP) is 5.53. The number of hydrogen-bond acceptors (Lipinski definition) is 4. The van der Waals surface area contributed by atoms with Crippen LogP contribution in [0.2, 0.25) is 0 Å². The molecule has 0 spiro atoms. The summed E-state index contributed by atoms with van der Waals surface area (Å²) in [5.41, 5.74) is 5.38. The normalized spacial score (nSPS) is 14.6. The highest BCUT2D eigenvalue weighted by Gasteiger charge is 2.25. The van der Waals surface area contributed by atoms with E-state index in [2.05, 4.69) is 29.3 Å². The number of nitrogens with zero attached hydrogens (tertiary/aromatic N) is 1. The Balaban J connectivity index is 1.32. The average Bonchev–Trinajstić information content (AvgIpc) is 2.85. The van der Waals surface area contributed by atoms with Crippen LogP contribution in [-0.2, 0) is 11.3 Å². The molecule has 0 aromatic heterocycles. The smallest absolute Gasteiger partial charge is 0.227 e. The Hall–Kier alpha value is -3.31. The van der Waals surface area contributed by atoms with Crippen molar-refractivity contribution in [3.05, 3.63) is 77.9 Å². The number of aryl methyl sites for hydroxylation is 1. The molecule has 1 aliphatic rings. The van der Waals surface area contributed by atoms with Crippen LogP contribution in [0.15, 0.2) is 66.7 Å². The molecule has 33 heavy (non-hydrogen) atoms. The van der Waals surface area contributed by atoms with Gasteiger partial charge >= 0.3 is 0 Å². The third kappa shape index (κ3) is 5.74. The molecule has 0 aliphatic carbocycles. The molecule has 5 nitrogen and oxygen atoms in total. The summed E-state index contributed by atoms with van der Waals surface area (Å²) in [6.45, 7) is 4.82. The minimum absolute atomic E-state index is 0.0410. The summed E-state index contributed by atoms with van der Waals surface area (Å²) < 4.78 is 10.7. The number of rotatable bonds is 7. The van der Waals surface area contributed by atoms with Crippen molar-refractivity contribution in [1.82, 2.24) is 4.90 Å². The number of nitrogens with one attached hydrogen (secondary N) is 1. The van der Waals surface area contributed by atoms with Crippen molar-refractivity contribution in [2.45, 2.75) is 26.3 Å². The number of benzene rings is 3. The number of amides is 1. The molecule has 1 heterocycles. The van der Waals surface area contributed by atoms with Crippen LogP contribution >= 0.6 is 0 Å². The Morgan fingerprint density at radius 1 is 0.939 bits per heavy atom. The topological polar surface area (TPSA) is 50.8 Å². The molecule has 1 saturated heterocycles. The highest BCUT2D eigenvalue weighted by atomic mass is 16.5. The van der Waals surface area contributed by atoms with Gasteiger partial charge in [-0.15, -0.1) is 0 Å². The molecule has 3 aromatic rings. The van der Waals surface area contributed by atoms with E-state index in [4.69, 9.17) is 9.47 Å². The number of carbonyl (C=O) groups excluding carboxylic acids is 1. The third-order valence-corrected chi connectivity index (χ3v) is 6.36. The predicted molar refractivity (Wildman–Crippen MR) is 133 cm³/mol. The van der Waals surface area contributed by atoms with Crippen molar-refractivity contribution >= 4 is 11.6 Å². The lowest BCUT2D eigenvalue weighted by Crippen LogP contribution is -2.37. The standard InChI is InChI=1S/C28H32N2O3/c1-20-16-21(10-11-27(20)33-3)19-30-14-12-22(13-15-30)28(31)29-25-8-4-6-23(17-25)24-7-5-9-26(18-24)32-2/h4-11,16-18,22H,12-15,19H2,1-3H3,(H,29,31). The van der Waals surface area contributed by atoms with Crippen LogP contribution in [0.3, 0.4) is 0 Å². The summed E-state index contributed by atoms with van der Waals surface area (Å²) in [6, 6.07) is 22.3. The first-order chi connectivity index (χ1) is 16.1. The Kier molecular flexibility index (Phi) is 7.30. The van der Waals surface area contributed by atoms with E-state index in [-0.39, 0.29) is 11.8 Å². The van der Waals surface area contributed by atoms with E-state index in [9.17, 15) is 4.79 Å². The summed E-state index contributed by atoms with van der Waals surface area (Å²) >= 11 is 0. The molecule has 1 fully saturated rings. The molecular weight excluding hydrogens is 412 g/mol. The summed E-state index contributed by atoms with van der Waals surface area (Å²) in [7, 11) is 3.37. The van der Waals surface area contributed by atoms with Crippen LogP contribution in [0.25, 0.3) is 11.1 Å². The fraction of sp³-hybridized carbons (Fsp3) is 0.321. The first kappa shape index (κ1) is 22.9. The first-order valence-electron chi connectivity index (χ1n) is 11.5. The zero-order valence-electron chi connectivity index (χ0n) is 19.6.